The molecule has 3 N–H and O–H groups in total. The van der Waals surface area contributed by atoms with E-state index in [1.807, 2.05) is 24.3 Å². The highest BCUT2D eigenvalue weighted by molar-refractivity contribution is 5.92. The van der Waals surface area contributed by atoms with Crippen LogP contribution < -0.4 is 5.32 Å². The molecule has 3 rings (SSSR count). The van der Waals surface area contributed by atoms with Crippen LogP contribution >= 0.6 is 0 Å². The number of aromatic nitrogens is 1. The predicted molar refractivity (Wildman–Crippen MR) is 67.2 cm³/mol. The third-order valence-electron chi connectivity index (χ3n) is 3.33. The lowest BCUT2D eigenvalue weighted by molar-refractivity contribution is 0.0854. The van der Waals surface area contributed by atoms with E-state index < -0.39 is 6.10 Å². The van der Waals surface area contributed by atoms with Crippen molar-refractivity contribution in [3.8, 4) is 0 Å². The Morgan fingerprint density at radius 3 is 2.89 bits per heavy atom. The van der Waals surface area contributed by atoms with Crippen LogP contribution in [0.4, 0.5) is 0 Å². The molecule has 1 heterocycles. The summed E-state index contributed by atoms with van der Waals surface area (Å²) < 4.78 is 0. The molecule has 18 heavy (non-hydrogen) atoms. The van der Waals surface area contributed by atoms with Gasteiger partial charge in [0.25, 0.3) is 5.91 Å². The normalized spacial score (nSPS) is 21.6. The molecule has 1 amide bonds. The first-order chi connectivity index (χ1) is 8.75. The van der Waals surface area contributed by atoms with Gasteiger partial charge < -0.3 is 15.4 Å². The van der Waals surface area contributed by atoms with Crippen LogP contribution in [0.25, 0.3) is 0 Å². The Morgan fingerprint density at radius 1 is 1.28 bits per heavy atom. The Labute approximate surface area is 105 Å². The predicted octanol–water partition coefficient (Wildman–Crippen LogP) is 1.40. The second-order valence-corrected chi connectivity index (χ2v) is 4.51. The minimum atomic E-state index is -0.554. The van der Waals surface area contributed by atoms with Crippen LogP contribution in [0.1, 0.15) is 27.7 Å². The van der Waals surface area contributed by atoms with Gasteiger partial charge in [-0.05, 0) is 23.3 Å². The molecule has 0 aliphatic heterocycles. The number of H-pyrrole nitrogens is 1. The third kappa shape index (κ3) is 1.80. The van der Waals surface area contributed by atoms with Crippen LogP contribution in [0.2, 0.25) is 0 Å². The average molecular weight is 242 g/mol. The van der Waals surface area contributed by atoms with E-state index in [4.69, 9.17) is 0 Å². The second kappa shape index (κ2) is 4.31. The van der Waals surface area contributed by atoms with Crippen molar-refractivity contribution in [3.05, 3.63) is 59.4 Å². The van der Waals surface area contributed by atoms with Gasteiger partial charge in [-0.15, -0.1) is 0 Å². The molecule has 0 bridgehead atoms. The molecular weight excluding hydrogens is 228 g/mol. The zero-order valence-corrected chi connectivity index (χ0v) is 9.76. The SMILES string of the molecule is O=C(N[C@H]1c2ccccc2C[C@@H]1O)c1ccc[nH]1. The molecule has 4 heteroatoms. The van der Waals surface area contributed by atoms with Crippen LogP contribution in [-0.4, -0.2) is 22.1 Å². The number of carbonyl (C=O) groups excluding carboxylic acids is 1. The van der Waals surface area contributed by atoms with Crippen molar-refractivity contribution in [1.82, 2.24) is 10.3 Å². The molecule has 1 aliphatic rings. The Kier molecular flexibility index (Phi) is 2.64. The van der Waals surface area contributed by atoms with E-state index in [0.29, 0.717) is 12.1 Å². The molecule has 0 saturated heterocycles. The standard InChI is InChI=1S/C14H14N2O2/c17-12-8-9-4-1-2-5-10(9)13(12)16-14(18)11-6-3-7-15-11/h1-7,12-13,15,17H,8H2,(H,16,18)/t12-,13-/m0/s1. The van der Waals surface area contributed by atoms with E-state index >= 15 is 0 Å². The fourth-order valence-electron chi connectivity index (χ4n) is 2.44. The van der Waals surface area contributed by atoms with E-state index in [2.05, 4.69) is 10.3 Å². The molecule has 2 atom stereocenters. The van der Waals surface area contributed by atoms with Gasteiger partial charge in [-0.1, -0.05) is 24.3 Å². The molecule has 0 saturated carbocycles. The Hall–Kier alpha value is -2.07. The van der Waals surface area contributed by atoms with Crippen molar-refractivity contribution in [1.29, 1.82) is 0 Å². The smallest absolute Gasteiger partial charge is 0.268 e. The van der Waals surface area contributed by atoms with Crippen molar-refractivity contribution in [2.24, 2.45) is 0 Å². The maximum Gasteiger partial charge on any atom is 0.268 e. The lowest BCUT2D eigenvalue weighted by Gasteiger charge is -2.17. The lowest BCUT2D eigenvalue weighted by Crippen LogP contribution is -2.34. The average Bonchev–Trinajstić information content (AvgIpc) is 2.98. The summed E-state index contributed by atoms with van der Waals surface area (Å²) in [6, 6.07) is 11.0. The maximum atomic E-state index is 12.0. The highest BCUT2D eigenvalue weighted by Crippen LogP contribution is 2.31. The number of rotatable bonds is 2. The Bertz CT molecular complexity index is 563. The summed E-state index contributed by atoms with van der Waals surface area (Å²) in [6.45, 7) is 0. The largest absolute Gasteiger partial charge is 0.390 e. The number of carbonyl (C=O) groups is 1. The van der Waals surface area contributed by atoms with Crippen molar-refractivity contribution < 1.29 is 9.90 Å². The van der Waals surface area contributed by atoms with E-state index in [-0.39, 0.29) is 11.9 Å². The second-order valence-electron chi connectivity index (χ2n) is 4.51. The lowest BCUT2D eigenvalue weighted by atomic mass is 10.1. The van der Waals surface area contributed by atoms with Gasteiger partial charge in [0, 0.05) is 12.6 Å². The fraction of sp³-hybridized carbons (Fsp3) is 0.214. The maximum absolute atomic E-state index is 12.0. The number of aliphatic hydroxyl groups excluding tert-OH is 1. The molecule has 0 radical (unpaired) electrons. The van der Waals surface area contributed by atoms with E-state index in [1.54, 1.807) is 18.3 Å². The number of hydrogen-bond donors (Lipinski definition) is 3. The summed E-state index contributed by atoms with van der Waals surface area (Å²) in [5.74, 6) is -0.194. The molecule has 2 aromatic rings. The van der Waals surface area contributed by atoms with E-state index in [1.165, 1.54) is 0 Å². The third-order valence-corrected chi connectivity index (χ3v) is 3.33. The van der Waals surface area contributed by atoms with Crippen molar-refractivity contribution in [2.75, 3.05) is 0 Å². The molecule has 0 unspecified atom stereocenters. The van der Waals surface area contributed by atoms with E-state index in [9.17, 15) is 9.90 Å². The molecule has 1 aliphatic carbocycles. The minimum absolute atomic E-state index is 0.194. The monoisotopic (exact) mass is 242 g/mol. The molecule has 92 valence electrons. The van der Waals surface area contributed by atoms with Gasteiger partial charge in [0.2, 0.25) is 0 Å². The highest BCUT2D eigenvalue weighted by Gasteiger charge is 2.32. The Balaban J connectivity index is 1.83. The summed E-state index contributed by atoms with van der Waals surface area (Å²) in [7, 11) is 0. The van der Waals surface area contributed by atoms with Gasteiger partial charge in [0.1, 0.15) is 5.69 Å². The first kappa shape index (κ1) is 11.0. The topological polar surface area (TPSA) is 65.1 Å². The summed E-state index contributed by atoms with van der Waals surface area (Å²) in [6.07, 6.45) is 1.74. The van der Waals surface area contributed by atoms with Gasteiger partial charge in [0.05, 0.1) is 12.1 Å². The zero-order valence-electron chi connectivity index (χ0n) is 9.76. The van der Waals surface area contributed by atoms with Crippen molar-refractivity contribution in [3.63, 3.8) is 0 Å². The number of nitrogens with one attached hydrogen (secondary N) is 2. The van der Waals surface area contributed by atoms with Gasteiger partial charge in [-0.2, -0.15) is 0 Å². The Morgan fingerprint density at radius 2 is 2.11 bits per heavy atom. The molecule has 1 aromatic heterocycles. The number of benzene rings is 1. The zero-order chi connectivity index (χ0) is 12.5. The number of aromatic amines is 1. The first-order valence-corrected chi connectivity index (χ1v) is 5.96. The number of hydrogen-bond acceptors (Lipinski definition) is 2. The summed E-state index contributed by atoms with van der Waals surface area (Å²) in [4.78, 5) is 14.8. The molecule has 0 fully saturated rings. The van der Waals surface area contributed by atoms with Crippen LogP contribution in [0.5, 0.6) is 0 Å². The fourth-order valence-corrected chi connectivity index (χ4v) is 2.44. The summed E-state index contributed by atoms with van der Waals surface area (Å²) in [5.41, 5.74) is 2.61. The van der Waals surface area contributed by atoms with Crippen LogP contribution in [0.3, 0.4) is 0 Å². The van der Waals surface area contributed by atoms with Gasteiger partial charge in [-0.3, -0.25) is 4.79 Å². The number of amides is 1. The highest BCUT2D eigenvalue weighted by atomic mass is 16.3. The minimum Gasteiger partial charge on any atom is -0.390 e. The number of aliphatic hydroxyl groups is 1. The number of fused-ring (bicyclic) bond motifs is 1. The van der Waals surface area contributed by atoms with Crippen LogP contribution in [0, 0.1) is 0 Å². The van der Waals surface area contributed by atoms with Gasteiger partial charge in [-0.25, -0.2) is 0 Å². The van der Waals surface area contributed by atoms with E-state index in [0.717, 1.165) is 11.1 Å². The van der Waals surface area contributed by atoms with Gasteiger partial charge in [0.15, 0.2) is 0 Å². The molecule has 1 aromatic carbocycles. The van der Waals surface area contributed by atoms with Crippen LogP contribution in [0.15, 0.2) is 42.6 Å². The molecule has 4 nitrogen and oxygen atoms in total. The first-order valence-electron chi connectivity index (χ1n) is 5.96. The van der Waals surface area contributed by atoms with Crippen molar-refractivity contribution in [2.45, 2.75) is 18.6 Å². The quantitative estimate of drug-likeness (QED) is 0.745. The molecule has 0 spiro atoms. The summed E-state index contributed by atoms with van der Waals surface area (Å²) in [5, 5.41) is 12.9. The van der Waals surface area contributed by atoms with Gasteiger partial charge >= 0.3 is 0 Å². The summed E-state index contributed by atoms with van der Waals surface area (Å²) >= 11 is 0. The molecular formula is C14H14N2O2. The van der Waals surface area contributed by atoms with Crippen molar-refractivity contribution >= 4 is 5.91 Å². The van der Waals surface area contributed by atoms with Crippen LogP contribution in [-0.2, 0) is 6.42 Å².